The molecule has 8 nitrogen and oxygen atoms in total. The minimum atomic E-state index is -0.648. The van der Waals surface area contributed by atoms with E-state index in [1.165, 1.54) is 20.3 Å². The zero-order valence-corrected chi connectivity index (χ0v) is 15.4. The van der Waals surface area contributed by atoms with E-state index in [1.807, 2.05) is 0 Å². The van der Waals surface area contributed by atoms with E-state index in [2.05, 4.69) is 5.32 Å². The maximum atomic E-state index is 12.0. The maximum absolute atomic E-state index is 12.0. The molecule has 0 bridgehead atoms. The number of hydrogen-bond acceptors (Lipinski definition) is 7. The third-order valence-electron chi connectivity index (χ3n) is 3.83. The third kappa shape index (κ3) is 4.73. The van der Waals surface area contributed by atoms with Crippen molar-refractivity contribution in [3.8, 4) is 23.0 Å². The quantitative estimate of drug-likeness (QED) is 0.579. The van der Waals surface area contributed by atoms with Gasteiger partial charge < -0.3 is 29.0 Å². The van der Waals surface area contributed by atoms with Crippen molar-refractivity contribution in [3.05, 3.63) is 48.0 Å². The average molecular weight is 385 g/mol. The molecule has 1 heterocycles. The van der Waals surface area contributed by atoms with E-state index < -0.39 is 18.5 Å². The Kier molecular flexibility index (Phi) is 6.01. The predicted molar refractivity (Wildman–Crippen MR) is 101 cm³/mol. The van der Waals surface area contributed by atoms with Crippen LogP contribution < -0.4 is 24.3 Å². The molecule has 0 saturated carbocycles. The van der Waals surface area contributed by atoms with Crippen LogP contribution in [0.2, 0.25) is 0 Å². The van der Waals surface area contributed by atoms with E-state index in [0.29, 0.717) is 28.7 Å². The highest BCUT2D eigenvalue weighted by Crippen LogP contribution is 2.32. The largest absolute Gasteiger partial charge is 0.497 e. The minimum Gasteiger partial charge on any atom is -0.497 e. The summed E-state index contributed by atoms with van der Waals surface area (Å²) in [5, 5.41) is 2.62. The van der Waals surface area contributed by atoms with Gasteiger partial charge in [0.1, 0.15) is 11.5 Å². The molecule has 1 aliphatic heterocycles. The number of carbonyl (C=O) groups excluding carboxylic acids is 2. The number of ether oxygens (including phenoxy) is 5. The van der Waals surface area contributed by atoms with Crippen LogP contribution in [0.5, 0.6) is 23.0 Å². The van der Waals surface area contributed by atoms with Gasteiger partial charge in [0.2, 0.25) is 6.79 Å². The first-order chi connectivity index (χ1) is 13.6. The van der Waals surface area contributed by atoms with Gasteiger partial charge in [0, 0.05) is 12.1 Å². The van der Waals surface area contributed by atoms with Crippen molar-refractivity contribution in [2.75, 3.05) is 32.9 Å². The molecule has 2 aromatic rings. The van der Waals surface area contributed by atoms with Gasteiger partial charge in [-0.25, -0.2) is 4.79 Å². The molecule has 0 unspecified atom stereocenters. The van der Waals surface area contributed by atoms with Gasteiger partial charge in [0.15, 0.2) is 18.1 Å². The molecule has 146 valence electrons. The van der Waals surface area contributed by atoms with Crippen LogP contribution in [0.1, 0.15) is 5.56 Å². The number of nitrogens with one attached hydrogen (secondary N) is 1. The van der Waals surface area contributed by atoms with E-state index in [4.69, 9.17) is 23.7 Å². The lowest BCUT2D eigenvalue weighted by atomic mass is 10.2. The molecule has 8 heteroatoms. The summed E-state index contributed by atoms with van der Waals surface area (Å²) < 4.78 is 25.8. The number of esters is 1. The van der Waals surface area contributed by atoms with Gasteiger partial charge in [0.25, 0.3) is 5.91 Å². The van der Waals surface area contributed by atoms with Crippen molar-refractivity contribution in [1.29, 1.82) is 0 Å². The maximum Gasteiger partial charge on any atom is 0.331 e. The summed E-state index contributed by atoms with van der Waals surface area (Å²) in [5.41, 5.74) is 1.16. The molecular weight excluding hydrogens is 366 g/mol. The lowest BCUT2D eigenvalue weighted by Crippen LogP contribution is -2.20. The van der Waals surface area contributed by atoms with Crippen LogP contribution in [0, 0.1) is 0 Å². The van der Waals surface area contributed by atoms with Crippen molar-refractivity contribution in [2.24, 2.45) is 0 Å². The van der Waals surface area contributed by atoms with Crippen LogP contribution in [0.25, 0.3) is 6.08 Å². The summed E-state index contributed by atoms with van der Waals surface area (Å²) >= 11 is 0. The molecule has 28 heavy (non-hydrogen) atoms. The topological polar surface area (TPSA) is 92.3 Å². The van der Waals surface area contributed by atoms with Crippen LogP contribution in [-0.2, 0) is 14.3 Å². The second-order valence-electron chi connectivity index (χ2n) is 5.67. The van der Waals surface area contributed by atoms with Gasteiger partial charge in [0.05, 0.1) is 19.9 Å². The Balaban J connectivity index is 1.52. The molecule has 1 amide bonds. The van der Waals surface area contributed by atoms with Gasteiger partial charge in [-0.3, -0.25) is 4.79 Å². The number of carbonyl (C=O) groups is 2. The predicted octanol–water partition coefficient (Wildman–Crippen LogP) is 2.63. The first-order valence-corrected chi connectivity index (χ1v) is 8.35. The summed E-state index contributed by atoms with van der Waals surface area (Å²) in [6.07, 6.45) is 2.80. The Morgan fingerprint density at radius 3 is 2.68 bits per heavy atom. The fraction of sp³-hybridized carbons (Fsp3) is 0.200. The van der Waals surface area contributed by atoms with Gasteiger partial charge in [-0.2, -0.15) is 0 Å². The van der Waals surface area contributed by atoms with Crippen molar-refractivity contribution in [3.63, 3.8) is 0 Å². The molecule has 0 aliphatic carbocycles. The van der Waals surface area contributed by atoms with E-state index in [1.54, 1.807) is 42.5 Å². The SMILES string of the molecule is COc1ccc(OC)c(NC(=O)COC(=O)/C=C/c2ccc3c(c2)OCO3)c1. The van der Waals surface area contributed by atoms with Crippen LogP contribution in [0.3, 0.4) is 0 Å². The molecule has 0 aromatic heterocycles. The van der Waals surface area contributed by atoms with E-state index in [0.717, 1.165) is 5.56 Å². The number of rotatable bonds is 7. The fourth-order valence-corrected chi connectivity index (χ4v) is 2.46. The Labute approximate surface area is 161 Å². The number of fused-ring (bicyclic) bond motifs is 1. The van der Waals surface area contributed by atoms with Gasteiger partial charge in [-0.1, -0.05) is 6.07 Å². The lowest BCUT2D eigenvalue weighted by Gasteiger charge is -2.11. The zero-order valence-electron chi connectivity index (χ0n) is 15.4. The van der Waals surface area contributed by atoms with E-state index in [-0.39, 0.29) is 6.79 Å². The monoisotopic (exact) mass is 385 g/mol. The van der Waals surface area contributed by atoms with Crippen molar-refractivity contribution >= 4 is 23.6 Å². The first-order valence-electron chi connectivity index (χ1n) is 8.35. The summed E-state index contributed by atoms with van der Waals surface area (Å²) in [5.74, 6) is 1.14. The number of benzene rings is 2. The molecule has 0 spiro atoms. The number of amides is 1. The second kappa shape index (κ2) is 8.81. The van der Waals surface area contributed by atoms with Crippen molar-refractivity contribution < 1.29 is 33.3 Å². The van der Waals surface area contributed by atoms with Crippen LogP contribution in [-0.4, -0.2) is 39.5 Å². The highest BCUT2D eigenvalue weighted by atomic mass is 16.7. The Bertz CT molecular complexity index is 907. The average Bonchev–Trinajstić information content (AvgIpc) is 3.18. The minimum absolute atomic E-state index is 0.178. The molecular formula is C20H19NO7. The molecule has 3 rings (SSSR count). The molecule has 2 aromatic carbocycles. The van der Waals surface area contributed by atoms with Crippen LogP contribution in [0.4, 0.5) is 5.69 Å². The number of hydrogen-bond donors (Lipinski definition) is 1. The standard InChI is InChI=1S/C20H19NO7/c1-24-14-5-7-16(25-2)15(10-14)21-19(22)11-26-20(23)8-4-13-3-6-17-18(9-13)28-12-27-17/h3-10H,11-12H2,1-2H3,(H,21,22)/b8-4+. The molecule has 0 saturated heterocycles. The Morgan fingerprint density at radius 2 is 1.89 bits per heavy atom. The Morgan fingerprint density at radius 1 is 1.07 bits per heavy atom. The number of anilines is 1. The van der Waals surface area contributed by atoms with Crippen molar-refractivity contribution in [1.82, 2.24) is 0 Å². The zero-order chi connectivity index (χ0) is 19.9. The summed E-state index contributed by atoms with van der Waals surface area (Å²) in [6, 6.07) is 10.2. The highest BCUT2D eigenvalue weighted by molar-refractivity contribution is 5.95. The molecule has 0 fully saturated rings. The number of methoxy groups -OCH3 is 2. The van der Waals surface area contributed by atoms with Gasteiger partial charge in [-0.15, -0.1) is 0 Å². The molecule has 0 radical (unpaired) electrons. The van der Waals surface area contributed by atoms with Crippen LogP contribution in [0.15, 0.2) is 42.5 Å². The van der Waals surface area contributed by atoms with Gasteiger partial charge >= 0.3 is 5.97 Å². The third-order valence-corrected chi connectivity index (χ3v) is 3.83. The summed E-state index contributed by atoms with van der Waals surface area (Å²) in [6.45, 7) is -0.262. The fourth-order valence-electron chi connectivity index (χ4n) is 2.46. The Hall–Kier alpha value is -3.68. The lowest BCUT2D eigenvalue weighted by molar-refractivity contribution is -0.142. The smallest absolute Gasteiger partial charge is 0.331 e. The highest BCUT2D eigenvalue weighted by Gasteiger charge is 2.13. The molecule has 1 N–H and O–H groups in total. The molecule has 1 aliphatic rings. The molecule has 0 atom stereocenters. The normalized spacial score (nSPS) is 11.9. The first kappa shape index (κ1) is 19.1. The summed E-state index contributed by atoms with van der Waals surface area (Å²) in [4.78, 5) is 23.9. The van der Waals surface area contributed by atoms with Gasteiger partial charge in [-0.05, 0) is 35.9 Å². The van der Waals surface area contributed by atoms with Crippen LogP contribution >= 0.6 is 0 Å². The second-order valence-corrected chi connectivity index (χ2v) is 5.67. The summed E-state index contributed by atoms with van der Waals surface area (Å²) in [7, 11) is 3.00. The van der Waals surface area contributed by atoms with Crippen molar-refractivity contribution in [2.45, 2.75) is 0 Å². The van der Waals surface area contributed by atoms with E-state index in [9.17, 15) is 9.59 Å². The van der Waals surface area contributed by atoms with E-state index >= 15 is 0 Å².